The van der Waals surface area contributed by atoms with Crippen molar-refractivity contribution < 1.29 is 13.2 Å². The number of hydrogen-bond donors (Lipinski definition) is 1. The molecule has 0 radical (unpaired) electrons. The second-order valence-electron chi connectivity index (χ2n) is 5.21. The molecule has 0 spiro atoms. The molecule has 3 rings (SSSR count). The molecule has 0 aromatic carbocycles. The van der Waals surface area contributed by atoms with Crippen LogP contribution in [0.1, 0.15) is 12.7 Å². The number of H-pyrrole nitrogens is 1. The zero-order valence-electron chi connectivity index (χ0n) is 13.3. The average Bonchev–Trinajstić information content (AvgIpc) is 2.93. The second kappa shape index (κ2) is 5.93. The van der Waals surface area contributed by atoms with E-state index in [4.69, 9.17) is 4.42 Å². The van der Waals surface area contributed by atoms with Gasteiger partial charge in [-0.2, -0.15) is 4.98 Å². The maximum atomic E-state index is 14.1. The Labute approximate surface area is 138 Å². The summed E-state index contributed by atoms with van der Waals surface area (Å²) in [5, 5.41) is 0. The monoisotopic (exact) mass is 346 g/mol. The van der Waals surface area contributed by atoms with E-state index in [1.807, 2.05) is 0 Å². The first-order valence-electron chi connectivity index (χ1n) is 7.08. The highest BCUT2D eigenvalue weighted by atomic mass is 19.1. The fourth-order valence-electron chi connectivity index (χ4n) is 2.28. The number of aryl methyl sites for hydroxylation is 1. The number of hydrogen-bond acceptors (Lipinski definition) is 5. The maximum absolute atomic E-state index is 14.1. The van der Waals surface area contributed by atoms with Gasteiger partial charge in [0.05, 0.1) is 11.4 Å². The fourth-order valence-corrected chi connectivity index (χ4v) is 2.28. The molecule has 7 nitrogen and oxygen atoms in total. The van der Waals surface area contributed by atoms with Crippen LogP contribution in [-0.4, -0.2) is 19.5 Å². The molecular formula is C16H12F2N4O3. The van der Waals surface area contributed by atoms with E-state index in [1.165, 1.54) is 13.1 Å². The Kier molecular flexibility index (Phi) is 3.91. The van der Waals surface area contributed by atoms with Crippen LogP contribution in [0.15, 0.2) is 50.5 Å². The van der Waals surface area contributed by atoms with Gasteiger partial charge in [-0.25, -0.2) is 18.6 Å². The van der Waals surface area contributed by atoms with E-state index in [0.717, 1.165) is 17.6 Å². The van der Waals surface area contributed by atoms with Crippen LogP contribution in [0.25, 0.3) is 28.0 Å². The summed E-state index contributed by atoms with van der Waals surface area (Å²) >= 11 is 0. The van der Waals surface area contributed by atoms with Gasteiger partial charge in [0.2, 0.25) is 5.71 Å². The SMILES string of the molecule is C=C/C(=C(F)\C=C(/C)F)c1cc2nc3c(=O)[nH]c(=O)n(C)c3nc2o1. The maximum Gasteiger partial charge on any atom is 0.329 e. The third kappa shape index (κ3) is 2.80. The molecule has 3 aromatic heterocycles. The lowest BCUT2D eigenvalue weighted by molar-refractivity contribution is 0.580. The van der Waals surface area contributed by atoms with Crippen molar-refractivity contribution in [1.29, 1.82) is 0 Å². The minimum absolute atomic E-state index is 0.00352. The van der Waals surface area contributed by atoms with E-state index in [-0.39, 0.29) is 33.7 Å². The Balaban J connectivity index is 2.33. The van der Waals surface area contributed by atoms with Gasteiger partial charge in [0, 0.05) is 19.2 Å². The second-order valence-corrected chi connectivity index (χ2v) is 5.21. The summed E-state index contributed by atoms with van der Waals surface area (Å²) in [6, 6.07) is 1.35. The average molecular weight is 346 g/mol. The van der Waals surface area contributed by atoms with E-state index in [1.54, 1.807) is 0 Å². The van der Waals surface area contributed by atoms with Crippen molar-refractivity contribution in [2.75, 3.05) is 0 Å². The Morgan fingerprint density at radius 1 is 1.36 bits per heavy atom. The van der Waals surface area contributed by atoms with Crippen molar-refractivity contribution in [2.24, 2.45) is 7.05 Å². The number of rotatable bonds is 3. The van der Waals surface area contributed by atoms with Crippen molar-refractivity contribution in [3.8, 4) is 0 Å². The molecule has 0 aliphatic rings. The van der Waals surface area contributed by atoms with Crippen LogP contribution in [0.2, 0.25) is 0 Å². The summed E-state index contributed by atoms with van der Waals surface area (Å²) < 4.78 is 33.5. The summed E-state index contributed by atoms with van der Waals surface area (Å²) in [7, 11) is 1.41. The van der Waals surface area contributed by atoms with E-state index in [9.17, 15) is 18.4 Å². The summed E-state index contributed by atoms with van der Waals surface area (Å²) in [4.78, 5) is 33.8. The van der Waals surface area contributed by atoms with Crippen LogP contribution in [-0.2, 0) is 7.05 Å². The topological polar surface area (TPSA) is 93.8 Å². The molecule has 128 valence electrons. The molecule has 0 aliphatic heterocycles. The Morgan fingerprint density at radius 2 is 2.08 bits per heavy atom. The van der Waals surface area contributed by atoms with E-state index in [2.05, 4.69) is 21.5 Å². The van der Waals surface area contributed by atoms with Crippen molar-refractivity contribution in [1.82, 2.24) is 19.5 Å². The summed E-state index contributed by atoms with van der Waals surface area (Å²) in [5.41, 5.74) is -1.31. The van der Waals surface area contributed by atoms with Crippen LogP contribution < -0.4 is 11.2 Å². The number of nitrogens with one attached hydrogen (secondary N) is 1. The lowest BCUT2D eigenvalue weighted by atomic mass is 10.1. The number of nitrogens with zero attached hydrogens (tertiary/aromatic N) is 3. The molecule has 0 amide bonds. The van der Waals surface area contributed by atoms with Crippen LogP contribution in [0, 0.1) is 0 Å². The first kappa shape index (κ1) is 16.5. The third-order valence-electron chi connectivity index (χ3n) is 3.46. The standard InChI is InChI=1S/C16H12F2N4O3/c1-4-8(9(18)5-7(2)17)11-6-10-15(25-11)20-13-12(19-10)14(23)21-16(24)22(13)3/h4-6H,1H2,2-3H3,(H,21,23,24)/b7-5+,9-8-. The molecule has 0 saturated heterocycles. The van der Waals surface area contributed by atoms with Gasteiger partial charge in [-0.15, -0.1) is 0 Å². The molecule has 0 unspecified atom stereocenters. The Bertz CT molecular complexity index is 1190. The number of fused-ring (bicyclic) bond motifs is 2. The Morgan fingerprint density at radius 3 is 2.72 bits per heavy atom. The van der Waals surface area contributed by atoms with Gasteiger partial charge in [-0.05, 0) is 6.92 Å². The summed E-state index contributed by atoms with van der Waals surface area (Å²) in [5.74, 6) is -1.60. The van der Waals surface area contributed by atoms with E-state index >= 15 is 0 Å². The normalized spacial score (nSPS) is 13.4. The number of allylic oxidation sites excluding steroid dienone is 5. The zero-order chi connectivity index (χ0) is 18.3. The molecule has 1 N–H and O–H groups in total. The number of halogens is 2. The van der Waals surface area contributed by atoms with Gasteiger partial charge >= 0.3 is 5.69 Å². The smallest absolute Gasteiger partial charge is 0.329 e. The van der Waals surface area contributed by atoms with Crippen molar-refractivity contribution in [3.63, 3.8) is 0 Å². The van der Waals surface area contributed by atoms with Crippen molar-refractivity contribution in [2.45, 2.75) is 6.92 Å². The van der Waals surface area contributed by atoms with Gasteiger partial charge in [-0.3, -0.25) is 14.3 Å². The van der Waals surface area contributed by atoms with E-state index in [0.29, 0.717) is 6.08 Å². The predicted octanol–water partition coefficient (Wildman–Crippen LogP) is 2.50. The molecule has 9 heteroatoms. The molecule has 3 heterocycles. The molecule has 0 atom stereocenters. The van der Waals surface area contributed by atoms with E-state index < -0.39 is 22.9 Å². The molecule has 3 aromatic rings. The highest BCUT2D eigenvalue weighted by Crippen LogP contribution is 2.28. The van der Waals surface area contributed by atoms with Gasteiger partial charge in [0.25, 0.3) is 5.56 Å². The highest BCUT2D eigenvalue weighted by molar-refractivity contribution is 5.85. The van der Waals surface area contributed by atoms with Crippen LogP contribution in [0.4, 0.5) is 8.78 Å². The largest absolute Gasteiger partial charge is 0.436 e. The van der Waals surface area contributed by atoms with Gasteiger partial charge in [0.1, 0.15) is 17.1 Å². The van der Waals surface area contributed by atoms with Crippen LogP contribution >= 0.6 is 0 Å². The number of furan rings is 1. The predicted molar refractivity (Wildman–Crippen MR) is 88.3 cm³/mol. The Hall–Kier alpha value is -3.36. The van der Waals surface area contributed by atoms with Crippen molar-refractivity contribution in [3.05, 3.63) is 63.0 Å². The molecular weight excluding hydrogens is 334 g/mol. The first-order chi connectivity index (χ1) is 11.8. The number of aromatic nitrogens is 4. The molecule has 0 bridgehead atoms. The molecule has 25 heavy (non-hydrogen) atoms. The minimum Gasteiger partial charge on any atom is -0.436 e. The van der Waals surface area contributed by atoms with Crippen molar-refractivity contribution >= 4 is 28.0 Å². The first-order valence-corrected chi connectivity index (χ1v) is 7.08. The number of aromatic amines is 1. The van der Waals surface area contributed by atoms with Gasteiger partial charge < -0.3 is 4.42 Å². The third-order valence-corrected chi connectivity index (χ3v) is 3.46. The van der Waals surface area contributed by atoms with Gasteiger partial charge in [0.15, 0.2) is 11.2 Å². The summed E-state index contributed by atoms with van der Waals surface area (Å²) in [6.07, 6.45) is 1.85. The summed E-state index contributed by atoms with van der Waals surface area (Å²) in [6.45, 7) is 4.58. The van der Waals surface area contributed by atoms with Crippen LogP contribution in [0.3, 0.4) is 0 Å². The molecule has 0 fully saturated rings. The molecule has 0 aliphatic carbocycles. The fraction of sp³-hybridized carbons (Fsp3) is 0.125. The van der Waals surface area contributed by atoms with Gasteiger partial charge in [-0.1, -0.05) is 12.7 Å². The van der Waals surface area contributed by atoms with Crippen LogP contribution in [0.5, 0.6) is 0 Å². The quantitative estimate of drug-likeness (QED) is 0.736. The minimum atomic E-state index is -0.885. The zero-order valence-corrected chi connectivity index (χ0v) is 13.3. The highest BCUT2D eigenvalue weighted by Gasteiger charge is 2.16. The lowest BCUT2D eigenvalue weighted by Crippen LogP contribution is -2.29. The molecule has 0 saturated carbocycles. The lowest BCUT2D eigenvalue weighted by Gasteiger charge is -2.00.